The Morgan fingerprint density at radius 2 is 2.03 bits per heavy atom. The van der Waals surface area contributed by atoms with Crippen LogP contribution in [0.4, 0.5) is 11.5 Å². The van der Waals surface area contributed by atoms with E-state index in [1.807, 2.05) is 30.5 Å². The molecule has 1 N–H and O–H groups in total. The minimum absolute atomic E-state index is 0.540. The van der Waals surface area contributed by atoms with Crippen molar-refractivity contribution in [3.63, 3.8) is 0 Å². The van der Waals surface area contributed by atoms with Crippen molar-refractivity contribution in [2.45, 2.75) is 26.8 Å². The van der Waals surface area contributed by atoms with Crippen LogP contribution in [0, 0.1) is 6.92 Å². The third kappa shape index (κ3) is 6.91. The molecule has 34 heavy (non-hydrogen) atoms. The van der Waals surface area contributed by atoms with Gasteiger partial charge in [0.05, 0.1) is 19.4 Å². The number of aromatic nitrogens is 1. The van der Waals surface area contributed by atoms with E-state index in [1.54, 1.807) is 0 Å². The SMILES string of the molecule is CCN1CCN(CCOc2cc(N3CCOCC3)cc(N/N=C/c3cccc(C)c3)n2)C(C)C1. The molecule has 8 nitrogen and oxygen atoms in total. The number of nitrogens with zero attached hydrogens (tertiary/aromatic N) is 5. The number of hydrogen-bond donors (Lipinski definition) is 1. The molecule has 0 bridgehead atoms. The molecule has 0 aliphatic carbocycles. The highest BCUT2D eigenvalue weighted by atomic mass is 16.5. The van der Waals surface area contributed by atoms with E-state index in [2.05, 4.69) is 63.1 Å². The van der Waals surface area contributed by atoms with Crippen LogP contribution in [-0.2, 0) is 4.74 Å². The Balaban J connectivity index is 1.40. The Kier molecular flexibility index (Phi) is 8.73. The number of nitrogens with one attached hydrogen (secondary N) is 1. The van der Waals surface area contributed by atoms with Crippen molar-refractivity contribution < 1.29 is 9.47 Å². The van der Waals surface area contributed by atoms with E-state index in [4.69, 9.17) is 9.47 Å². The first-order valence-corrected chi connectivity index (χ1v) is 12.4. The van der Waals surface area contributed by atoms with Crippen molar-refractivity contribution in [3.8, 4) is 5.88 Å². The number of likely N-dealkylation sites (N-methyl/N-ethyl adjacent to an activating group) is 1. The molecule has 2 aromatic rings. The lowest BCUT2D eigenvalue weighted by molar-refractivity contribution is 0.0742. The summed E-state index contributed by atoms with van der Waals surface area (Å²) in [6, 6.07) is 12.8. The van der Waals surface area contributed by atoms with Gasteiger partial charge < -0.3 is 19.3 Å². The van der Waals surface area contributed by atoms with Crippen LogP contribution in [0.1, 0.15) is 25.0 Å². The molecule has 3 heterocycles. The lowest BCUT2D eigenvalue weighted by atomic mass is 10.2. The number of morpholine rings is 1. The molecule has 1 unspecified atom stereocenters. The monoisotopic (exact) mass is 466 g/mol. The van der Waals surface area contributed by atoms with Crippen molar-refractivity contribution in [3.05, 3.63) is 47.5 Å². The second-order valence-electron chi connectivity index (χ2n) is 9.06. The highest BCUT2D eigenvalue weighted by molar-refractivity contribution is 5.80. The predicted molar refractivity (Wildman–Crippen MR) is 138 cm³/mol. The number of pyridine rings is 1. The van der Waals surface area contributed by atoms with Gasteiger partial charge in [-0.3, -0.25) is 10.3 Å². The number of hydrazone groups is 1. The van der Waals surface area contributed by atoms with Gasteiger partial charge in [0.2, 0.25) is 5.88 Å². The van der Waals surface area contributed by atoms with Crippen LogP contribution in [0.5, 0.6) is 5.88 Å². The van der Waals surface area contributed by atoms with Gasteiger partial charge in [0.15, 0.2) is 5.82 Å². The molecule has 0 saturated carbocycles. The number of anilines is 2. The van der Waals surface area contributed by atoms with E-state index >= 15 is 0 Å². The average Bonchev–Trinajstić information content (AvgIpc) is 2.85. The van der Waals surface area contributed by atoms with E-state index in [9.17, 15) is 0 Å². The standard InChI is InChI=1S/C26H38N6O2/c1-4-30-8-9-31(22(3)20-30)12-15-34-26-18-24(32-10-13-33-14-11-32)17-25(28-26)29-27-19-23-7-5-6-21(2)16-23/h5-7,16-19,22H,4,8-15,20H2,1-3H3,(H,28,29)/b27-19+. The highest BCUT2D eigenvalue weighted by Crippen LogP contribution is 2.25. The molecule has 0 amide bonds. The number of ether oxygens (including phenoxy) is 2. The van der Waals surface area contributed by atoms with Crippen LogP contribution in [0.15, 0.2) is 41.5 Å². The quantitative estimate of drug-likeness (QED) is 0.450. The summed E-state index contributed by atoms with van der Waals surface area (Å²) in [7, 11) is 0. The maximum atomic E-state index is 6.15. The average molecular weight is 467 g/mol. The molecule has 0 radical (unpaired) electrons. The van der Waals surface area contributed by atoms with Crippen molar-refractivity contribution in [1.82, 2.24) is 14.8 Å². The summed E-state index contributed by atoms with van der Waals surface area (Å²) in [6.07, 6.45) is 1.81. The Labute approximate surface area is 203 Å². The van der Waals surface area contributed by atoms with E-state index in [-0.39, 0.29) is 0 Å². The summed E-state index contributed by atoms with van der Waals surface area (Å²) < 4.78 is 11.7. The molecular formula is C26H38N6O2. The molecule has 2 aliphatic heterocycles. The zero-order valence-electron chi connectivity index (χ0n) is 20.7. The fraction of sp³-hybridized carbons (Fsp3) is 0.538. The summed E-state index contributed by atoms with van der Waals surface area (Å²) in [5.41, 5.74) is 6.42. The van der Waals surface area contributed by atoms with Crippen LogP contribution in [0.3, 0.4) is 0 Å². The summed E-state index contributed by atoms with van der Waals surface area (Å²) in [4.78, 5) is 12.0. The molecule has 184 valence electrons. The normalized spacial score (nSPS) is 20.1. The van der Waals surface area contributed by atoms with Crippen molar-refractivity contribution in [1.29, 1.82) is 0 Å². The summed E-state index contributed by atoms with van der Waals surface area (Å²) >= 11 is 0. The van der Waals surface area contributed by atoms with E-state index in [1.165, 1.54) is 5.56 Å². The van der Waals surface area contributed by atoms with Crippen LogP contribution in [0.2, 0.25) is 0 Å². The van der Waals surface area contributed by atoms with Gasteiger partial charge >= 0.3 is 0 Å². The van der Waals surface area contributed by atoms with E-state index in [0.717, 1.165) is 70.3 Å². The number of piperazine rings is 1. The van der Waals surface area contributed by atoms with Crippen molar-refractivity contribution >= 4 is 17.7 Å². The van der Waals surface area contributed by atoms with Crippen molar-refractivity contribution in [2.24, 2.45) is 5.10 Å². The minimum Gasteiger partial charge on any atom is -0.476 e. The van der Waals surface area contributed by atoms with Gasteiger partial charge in [0, 0.05) is 63.1 Å². The van der Waals surface area contributed by atoms with Crippen molar-refractivity contribution in [2.75, 3.05) is 76.0 Å². The molecule has 8 heteroatoms. The molecule has 1 aromatic heterocycles. The topological polar surface area (TPSA) is 65.5 Å². The Morgan fingerprint density at radius 1 is 1.18 bits per heavy atom. The molecule has 4 rings (SSSR count). The lowest BCUT2D eigenvalue weighted by Crippen LogP contribution is -2.52. The third-order valence-corrected chi connectivity index (χ3v) is 6.52. The van der Waals surface area contributed by atoms with Crippen LogP contribution >= 0.6 is 0 Å². The predicted octanol–water partition coefficient (Wildman–Crippen LogP) is 3.08. The zero-order valence-corrected chi connectivity index (χ0v) is 20.7. The van der Waals surface area contributed by atoms with Gasteiger partial charge in [0.1, 0.15) is 6.61 Å². The molecule has 1 aromatic carbocycles. The van der Waals surface area contributed by atoms with Crippen LogP contribution in [-0.4, -0.2) is 92.7 Å². The largest absolute Gasteiger partial charge is 0.476 e. The van der Waals surface area contributed by atoms with E-state index < -0.39 is 0 Å². The molecule has 0 spiro atoms. The first-order valence-electron chi connectivity index (χ1n) is 12.4. The van der Waals surface area contributed by atoms with Gasteiger partial charge in [-0.2, -0.15) is 10.1 Å². The number of benzene rings is 1. The van der Waals surface area contributed by atoms with E-state index in [0.29, 0.717) is 24.3 Å². The Bertz CT molecular complexity index is 947. The third-order valence-electron chi connectivity index (χ3n) is 6.52. The first kappa shape index (κ1) is 24.4. The summed E-state index contributed by atoms with van der Waals surface area (Å²) in [5, 5.41) is 4.41. The number of rotatable bonds is 9. The van der Waals surface area contributed by atoms with Gasteiger partial charge in [-0.05, 0) is 26.0 Å². The highest BCUT2D eigenvalue weighted by Gasteiger charge is 2.22. The van der Waals surface area contributed by atoms with Crippen LogP contribution < -0.4 is 15.1 Å². The maximum Gasteiger partial charge on any atom is 0.217 e. The molecule has 2 saturated heterocycles. The molecule has 2 fully saturated rings. The fourth-order valence-electron chi connectivity index (χ4n) is 4.51. The maximum absolute atomic E-state index is 6.15. The smallest absolute Gasteiger partial charge is 0.217 e. The lowest BCUT2D eigenvalue weighted by Gasteiger charge is -2.39. The van der Waals surface area contributed by atoms with Crippen LogP contribution in [0.25, 0.3) is 0 Å². The number of hydrogen-bond acceptors (Lipinski definition) is 8. The molecule has 1 atom stereocenters. The Morgan fingerprint density at radius 3 is 2.79 bits per heavy atom. The van der Waals surface area contributed by atoms with Gasteiger partial charge in [-0.1, -0.05) is 36.8 Å². The van der Waals surface area contributed by atoms with Gasteiger partial charge in [-0.25, -0.2) is 0 Å². The summed E-state index contributed by atoms with van der Waals surface area (Å²) in [6.45, 7) is 15.7. The number of aryl methyl sites for hydroxylation is 1. The molecular weight excluding hydrogens is 428 g/mol. The molecule has 2 aliphatic rings. The Hall–Kier alpha value is -2.68. The van der Waals surface area contributed by atoms with Gasteiger partial charge in [0.25, 0.3) is 0 Å². The minimum atomic E-state index is 0.540. The first-order chi connectivity index (χ1) is 16.6. The second-order valence-corrected chi connectivity index (χ2v) is 9.06. The zero-order chi connectivity index (χ0) is 23.8. The summed E-state index contributed by atoms with van der Waals surface area (Å²) in [5.74, 6) is 1.30. The second kappa shape index (κ2) is 12.1. The van der Waals surface area contributed by atoms with Gasteiger partial charge in [-0.15, -0.1) is 0 Å². The fourth-order valence-corrected chi connectivity index (χ4v) is 4.51.